The van der Waals surface area contributed by atoms with Crippen molar-refractivity contribution in [1.82, 2.24) is 20.1 Å². The largest absolute Gasteiger partial charge is 0.467 e. The fraction of sp³-hybridized carbons (Fsp3) is 0.227. The second-order valence-corrected chi connectivity index (χ2v) is 8.42. The van der Waals surface area contributed by atoms with E-state index in [1.165, 1.54) is 36.7 Å². The monoisotopic (exact) mass is 592 g/mol. The number of benzene rings is 1. The Morgan fingerprint density at radius 2 is 1.92 bits per heavy atom. The Labute approximate surface area is 228 Å². The van der Waals surface area contributed by atoms with Crippen LogP contribution in [0.2, 0.25) is 15.1 Å². The van der Waals surface area contributed by atoms with E-state index >= 15 is 0 Å². The molecule has 1 aromatic carbocycles. The number of carbonyl (C=O) groups excluding carboxylic acids is 2. The average Bonchev–Trinajstić information content (AvgIpc) is 3.28. The van der Waals surface area contributed by atoms with Crippen LogP contribution in [0.15, 0.2) is 41.7 Å². The van der Waals surface area contributed by atoms with Gasteiger partial charge in [0, 0.05) is 17.3 Å². The first-order valence-corrected chi connectivity index (χ1v) is 11.8. The number of pyridine rings is 1. The molecule has 0 spiro atoms. The number of aromatic nitrogens is 3. The van der Waals surface area contributed by atoms with Gasteiger partial charge in [-0.2, -0.15) is 13.2 Å². The highest BCUT2D eigenvalue weighted by atomic mass is 35.5. The van der Waals surface area contributed by atoms with Crippen LogP contribution in [0.25, 0.3) is 5.82 Å². The van der Waals surface area contributed by atoms with Crippen molar-refractivity contribution in [2.24, 2.45) is 5.16 Å². The number of oxime groups is 1. The molecule has 38 heavy (non-hydrogen) atoms. The molecular weight excluding hydrogens is 576 g/mol. The fourth-order valence-electron chi connectivity index (χ4n) is 2.90. The lowest BCUT2D eigenvalue weighted by Gasteiger charge is -2.14. The van der Waals surface area contributed by atoms with Gasteiger partial charge in [-0.1, -0.05) is 40.0 Å². The number of anilines is 1. The SMILES string of the molecule is CCO/N=C/CNC(=O)c1cc(Cl)cc(Cl)c1NC(=O)c1cc(OCC(F)(F)F)nn1-c1ncccc1Cl. The van der Waals surface area contributed by atoms with Gasteiger partial charge in [0.25, 0.3) is 11.8 Å². The summed E-state index contributed by atoms with van der Waals surface area (Å²) in [6, 6.07) is 6.46. The Morgan fingerprint density at radius 1 is 1.16 bits per heavy atom. The van der Waals surface area contributed by atoms with Crippen LogP contribution in [0.1, 0.15) is 27.8 Å². The summed E-state index contributed by atoms with van der Waals surface area (Å²) in [5, 5.41) is 12.6. The van der Waals surface area contributed by atoms with E-state index in [9.17, 15) is 22.8 Å². The van der Waals surface area contributed by atoms with Gasteiger partial charge >= 0.3 is 6.18 Å². The molecule has 2 N–H and O–H groups in total. The summed E-state index contributed by atoms with van der Waals surface area (Å²) in [5.41, 5.74) is -0.543. The highest BCUT2D eigenvalue weighted by molar-refractivity contribution is 6.38. The van der Waals surface area contributed by atoms with Gasteiger partial charge in [-0.15, -0.1) is 5.10 Å². The lowest BCUT2D eigenvalue weighted by Crippen LogP contribution is -2.27. The van der Waals surface area contributed by atoms with E-state index in [1.807, 2.05) is 0 Å². The van der Waals surface area contributed by atoms with Crippen molar-refractivity contribution in [3.63, 3.8) is 0 Å². The third-order valence-electron chi connectivity index (χ3n) is 4.41. The number of carbonyl (C=O) groups is 2. The first-order valence-electron chi connectivity index (χ1n) is 10.6. The minimum Gasteiger partial charge on any atom is -0.467 e. The van der Waals surface area contributed by atoms with E-state index in [0.717, 1.165) is 10.7 Å². The second kappa shape index (κ2) is 12.8. The Kier molecular flexibility index (Phi) is 9.78. The molecule has 3 rings (SSSR count). The van der Waals surface area contributed by atoms with Crippen LogP contribution in [0.3, 0.4) is 0 Å². The molecule has 202 valence electrons. The minimum absolute atomic E-state index is 0.0127. The normalized spacial score (nSPS) is 11.4. The van der Waals surface area contributed by atoms with E-state index in [2.05, 4.69) is 30.6 Å². The Balaban J connectivity index is 1.95. The zero-order valence-electron chi connectivity index (χ0n) is 19.4. The maximum Gasteiger partial charge on any atom is 0.422 e. The quantitative estimate of drug-likeness (QED) is 0.247. The van der Waals surface area contributed by atoms with E-state index in [4.69, 9.17) is 39.6 Å². The minimum atomic E-state index is -4.65. The zero-order chi connectivity index (χ0) is 27.9. The van der Waals surface area contributed by atoms with Crippen LogP contribution in [0.4, 0.5) is 18.9 Å². The molecule has 0 aliphatic rings. The number of hydrogen-bond acceptors (Lipinski definition) is 7. The standard InChI is InChI=1S/C22H18Cl3F3N6O4/c1-2-38-31-7-6-30-20(35)13-8-12(23)9-15(25)18(13)32-21(36)16-10-17(37-11-22(26,27)28)33-34(16)19-14(24)4-3-5-29-19/h3-5,7-10H,2,6,11H2,1H3,(H,30,35)(H,32,36)/b31-7+. The predicted octanol–water partition coefficient (Wildman–Crippen LogP) is 5.17. The van der Waals surface area contributed by atoms with Gasteiger partial charge in [0.1, 0.15) is 12.3 Å². The molecule has 3 aromatic rings. The van der Waals surface area contributed by atoms with Crippen LogP contribution >= 0.6 is 34.8 Å². The molecule has 2 heterocycles. The third-order valence-corrected chi connectivity index (χ3v) is 5.22. The lowest BCUT2D eigenvalue weighted by molar-refractivity contribution is -0.154. The summed E-state index contributed by atoms with van der Waals surface area (Å²) in [6.07, 6.45) is -2.00. The Morgan fingerprint density at radius 3 is 2.61 bits per heavy atom. The van der Waals surface area contributed by atoms with E-state index < -0.39 is 30.5 Å². The number of amides is 2. The van der Waals surface area contributed by atoms with Gasteiger partial charge < -0.3 is 20.2 Å². The molecule has 0 bridgehead atoms. The molecular formula is C22H18Cl3F3N6O4. The molecule has 0 aliphatic heterocycles. The average molecular weight is 594 g/mol. The van der Waals surface area contributed by atoms with Gasteiger partial charge in [-0.3, -0.25) is 9.59 Å². The van der Waals surface area contributed by atoms with Gasteiger partial charge in [0.05, 0.1) is 34.1 Å². The molecule has 0 fully saturated rings. The van der Waals surface area contributed by atoms with Crippen LogP contribution in [-0.2, 0) is 4.84 Å². The smallest absolute Gasteiger partial charge is 0.422 e. The molecule has 16 heteroatoms. The molecule has 2 amide bonds. The summed E-state index contributed by atoms with van der Waals surface area (Å²) in [5.74, 6) is -2.17. The number of hydrogen-bond donors (Lipinski definition) is 2. The van der Waals surface area contributed by atoms with Crippen molar-refractivity contribution >= 4 is 58.5 Å². The number of alkyl halides is 3. The maximum absolute atomic E-state index is 13.3. The maximum atomic E-state index is 13.3. The summed E-state index contributed by atoms with van der Waals surface area (Å²) in [4.78, 5) is 34.9. The van der Waals surface area contributed by atoms with Gasteiger partial charge in [0.15, 0.2) is 12.4 Å². The van der Waals surface area contributed by atoms with Crippen molar-refractivity contribution in [3.8, 4) is 11.7 Å². The van der Waals surface area contributed by atoms with Crippen LogP contribution in [0, 0.1) is 0 Å². The van der Waals surface area contributed by atoms with Gasteiger partial charge in [-0.05, 0) is 31.2 Å². The third kappa shape index (κ3) is 7.73. The fourth-order valence-corrected chi connectivity index (χ4v) is 3.64. The first kappa shape index (κ1) is 29.0. The number of nitrogens with one attached hydrogen (secondary N) is 2. The molecule has 0 aliphatic carbocycles. The molecule has 2 aromatic heterocycles. The second-order valence-electron chi connectivity index (χ2n) is 7.17. The van der Waals surface area contributed by atoms with Crippen LogP contribution in [0.5, 0.6) is 5.88 Å². The zero-order valence-corrected chi connectivity index (χ0v) is 21.6. The number of halogens is 6. The first-order chi connectivity index (χ1) is 18.0. The summed E-state index contributed by atoms with van der Waals surface area (Å²) >= 11 is 18.5. The van der Waals surface area contributed by atoms with Crippen LogP contribution < -0.4 is 15.4 Å². The highest BCUT2D eigenvalue weighted by Gasteiger charge is 2.30. The van der Waals surface area contributed by atoms with Crippen molar-refractivity contribution in [2.45, 2.75) is 13.1 Å². The highest BCUT2D eigenvalue weighted by Crippen LogP contribution is 2.32. The van der Waals surface area contributed by atoms with E-state index in [1.54, 1.807) is 6.92 Å². The topological polar surface area (TPSA) is 120 Å². The molecule has 0 unspecified atom stereocenters. The van der Waals surface area contributed by atoms with E-state index in [-0.39, 0.29) is 44.4 Å². The molecule has 0 radical (unpaired) electrons. The lowest BCUT2D eigenvalue weighted by atomic mass is 10.1. The Bertz CT molecular complexity index is 1350. The van der Waals surface area contributed by atoms with E-state index in [0.29, 0.717) is 6.61 Å². The summed E-state index contributed by atoms with van der Waals surface area (Å²) < 4.78 is 43.6. The summed E-state index contributed by atoms with van der Waals surface area (Å²) in [7, 11) is 0. The van der Waals surface area contributed by atoms with Gasteiger partial charge in [-0.25, -0.2) is 9.67 Å². The van der Waals surface area contributed by atoms with Crippen molar-refractivity contribution < 1.29 is 32.3 Å². The van der Waals surface area contributed by atoms with Crippen molar-refractivity contribution in [2.75, 3.05) is 25.1 Å². The van der Waals surface area contributed by atoms with Crippen molar-refractivity contribution in [1.29, 1.82) is 0 Å². The van der Waals surface area contributed by atoms with Crippen LogP contribution in [-0.4, -0.2) is 58.7 Å². The number of nitrogens with zero attached hydrogens (tertiary/aromatic N) is 4. The summed E-state index contributed by atoms with van der Waals surface area (Å²) in [6.45, 7) is 0.411. The predicted molar refractivity (Wildman–Crippen MR) is 135 cm³/mol. The molecule has 0 atom stereocenters. The Hall–Kier alpha value is -3.55. The van der Waals surface area contributed by atoms with Crippen molar-refractivity contribution in [3.05, 3.63) is 62.9 Å². The number of ether oxygens (including phenoxy) is 1. The number of rotatable bonds is 10. The van der Waals surface area contributed by atoms with Gasteiger partial charge in [0.2, 0.25) is 5.88 Å². The molecule has 0 saturated carbocycles. The molecule has 10 nitrogen and oxygen atoms in total. The molecule has 0 saturated heterocycles.